The Morgan fingerprint density at radius 1 is 1.54 bits per heavy atom. The molecular formula is C10H18ClNS. The van der Waals surface area contributed by atoms with E-state index in [1.807, 2.05) is 0 Å². The van der Waals surface area contributed by atoms with Crippen molar-refractivity contribution in [1.29, 1.82) is 0 Å². The topological polar surface area (TPSA) is 12.0 Å². The Kier molecular flexibility index (Phi) is 5.92. The van der Waals surface area contributed by atoms with E-state index in [-0.39, 0.29) is 0 Å². The highest BCUT2D eigenvalue weighted by atomic mass is 35.5. The summed E-state index contributed by atoms with van der Waals surface area (Å²) in [6, 6.07) is 0. The van der Waals surface area contributed by atoms with Gasteiger partial charge in [-0.1, -0.05) is 11.6 Å². The lowest BCUT2D eigenvalue weighted by atomic mass is 10.0. The Hall–Kier alpha value is 0.340. The average molecular weight is 220 g/mol. The predicted octanol–water partition coefficient (Wildman–Crippen LogP) is 2.86. The molecule has 0 amide bonds. The van der Waals surface area contributed by atoms with E-state index < -0.39 is 0 Å². The van der Waals surface area contributed by atoms with E-state index in [9.17, 15) is 0 Å². The summed E-state index contributed by atoms with van der Waals surface area (Å²) >= 11 is 7.65. The number of rotatable bonds is 4. The fraction of sp³-hybridized carbons (Fsp3) is 0.800. The van der Waals surface area contributed by atoms with Crippen molar-refractivity contribution in [3.63, 3.8) is 0 Å². The molecule has 0 spiro atoms. The van der Waals surface area contributed by atoms with Gasteiger partial charge >= 0.3 is 0 Å². The molecule has 0 aromatic heterocycles. The van der Waals surface area contributed by atoms with Crippen molar-refractivity contribution in [2.45, 2.75) is 19.8 Å². The van der Waals surface area contributed by atoms with Crippen molar-refractivity contribution in [3.8, 4) is 0 Å². The van der Waals surface area contributed by atoms with E-state index in [4.69, 9.17) is 11.6 Å². The quantitative estimate of drug-likeness (QED) is 0.781. The summed E-state index contributed by atoms with van der Waals surface area (Å²) in [5, 5.41) is 3.44. The summed E-state index contributed by atoms with van der Waals surface area (Å²) in [6.45, 7) is 4.15. The van der Waals surface area contributed by atoms with Gasteiger partial charge in [-0.15, -0.1) is 0 Å². The van der Waals surface area contributed by atoms with Crippen LogP contribution in [-0.2, 0) is 0 Å². The van der Waals surface area contributed by atoms with Crippen LogP contribution in [0.2, 0.25) is 0 Å². The highest BCUT2D eigenvalue weighted by Crippen LogP contribution is 2.21. The lowest BCUT2D eigenvalue weighted by molar-refractivity contribution is 0.457. The molecule has 0 aliphatic carbocycles. The maximum absolute atomic E-state index is 5.57. The Balaban J connectivity index is 2.04. The summed E-state index contributed by atoms with van der Waals surface area (Å²) in [5.74, 6) is 3.58. The molecule has 1 aliphatic rings. The molecule has 1 nitrogen and oxygen atoms in total. The van der Waals surface area contributed by atoms with Gasteiger partial charge in [0.1, 0.15) is 0 Å². The second-order valence-electron chi connectivity index (χ2n) is 3.64. The Bertz CT molecular complexity index is 164. The van der Waals surface area contributed by atoms with Gasteiger partial charge < -0.3 is 5.32 Å². The average Bonchev–Trinajstić information content (AvgIpc) is 2.19. The number of thioether (sulfide) groups is 1. The Morgan fingerprint density at radius 3 is 2.85 bits per heavy atom. The molecule has 0 atom stereocenters. The van der Waals surface area contributed by atoms with Crippen LogP contribution >= 0.6 is 23.4 Å². The summed E-state index contributed by atoms with van der Waals surface area (Å²) in [7, 11) is 0. The van der Waals surface area contributed by atoms with Crippen LogP contribution in [-0.4, -0.2) is 24.6 Å². The third-order valence-electron chi connectivity index (χ3n) is 2.36. The molecule has 0 aromatic rings. The van der Waals surface area contributed by atoms with Gasteiger partial charge in [-0.2, -0.15) is 11.8 Å². The summed E-state index contributed by atoms with van der Waals surface area (Å²) in [6.07, 6.45) is 2.75. The van der Waals surface area contributed by atoms with Crippen molar-refractivity contribution in [2.24, 2.45) is 5.92 Å². The second kappa shape index (κ2) is 6.74. The van der Waals surface area contributed by atoms with Crippen molar-refractivity contribution in [2.75, 3.05) is 24.6 Å². The zero-order chi connectivity index (χ0) is 9.52. The first-order valence-electron chi connectivity index (χ1n) is 4.87. The summed E-state index contributed by atoms with van der Waals surface area (Å²) < 4.78 is 0. The van der Waals surface area contributed by atoms with Gasteiger partial charge in [0, 0.05) is 12.1 Å². The van der Waals surface area contributed by atoms with Crippen molar-refractivity contribution < 1.29 is 0 Å². The maximum Gasteiger partial charge on any atom is 0.0173 e. The van der Waals surface area contributed by atoms with E-state index in [0.29, 0.717) is 0 Å². The fourth-order valence-electron chi connectivity index (χ4n) is 1.46. The molecule has 1 heterocycles. The lowest BCUT2D eigenvalue weighted by Gasteiger charge is -2.21. The van der Waals surface area contributed by atoms with Crippen molar-refractivity contribution in [3.05, 3.63) is 11.1 Å². The lowest BCUT2D eigenvalue weighted by Crippen LogP contribution is -2.26. The minimum atomic E-state index is 0.893. The SMILES string of the molecule is CC(=CCl)CNCC1CCSCC1. The van der Waals surface area contributed by atoms with E-state index in [1.165, 1.54) is 29.9 Å². The second-order valence-corrected chi connectivity index (χ2v) is 5.09. The van der Waals surface area contributed by atoms with Crippen LogP contribution < -0.4 is 5.32 Å². The smallest absolute Gasteiger partial charge is 0.0173 e. The Labute approximate surface area is 90.3 Å². The van der Waals surface area contributed by atoms with E-state index in [2.05, 4.69) is 24.0 Å². The van der Waals surface area contributed by atoms with Gasteiger partial charge in [-0.25, -0.2) is 0 Å². The molecule has 0 aromatic carbocycles. The van der Waals surface area contributed by atoms with Gasteiger partial charge in [-0.3, -0.25) is 0 Å². The number of hydrogen-bond donors (Lipinski definition) is 1. The third kappa shape index (κ3) is 4.94. The van der Waals surface area contributed by atoms with Gasteiger partial charge in [0.15, 0.2) is 0 Å². The first-order chi connectivity index (χ1) is 6.33. The molecular weight excluding hydrogens is 202 g/mol. The molecule has 1 fully saturated rings. The van der Waals surface area contributed by atoms with Gasteiger partial charge in [0.25, 0.3) is 0 Å². The summed E-state index contributed by atoms with van der Waals surface area (Å²) in [4.78, 5) is 0. The Morgan fingerprint density at radius 2 is 2.23 bits per heavy atom. The zero-order valence-electron chi connectivity index (χ0n) is 8.18. The van der Waals surface area contributed by atoms with Gasteiger partial charge in [-0.05, 0) is 49.3 Å². The monoisotopic (exact) mass is 219 g/mol. The minimum Gasteiger partial charge on any atom is -0.313 e. The molecule has 0 bridgehead atoms. The molecule has 1 rings (SSSR count). The number of nitrogens with one attached hydrogen (secondary N) is 1. The minimum absolute atomic E-state index is 0.893. The van der Waals surface area contributed by atoms with Gasteiger partial charge in [0.2, 0.25) is 0 Å². The summed E-state index contributed by atoms with van der Waals surface area (Å²) in [5.41, 5.74) is 2.87. The fourth-order valence-corrected chi connectivity index (χ4v) is 2.74. The third-order valence-corrected chi connectivity index (χ3v) is 3.79. The van der Waals surface area contributed by atoms with Crippen LogP contribution in [0.3, 0.4) is 0 Å². The molecule has 0 unspecified atom stereocenters. The van der Waals surface area contributed by atoms with Crippen LogP contribution in [0.25, 0.3) is 0 Å². The molecule has 1 aliphatic heterocycles. The highest BCUT2D eigenvalue weighted by molar-refractivity contribution is 7.99. The zero-order valence-corrected chi connectivity index (χ0v) is 9.76. The highest BCUT2D eigenvalue weighted by Gasteiger charge is 2.12. The maximum atomic E-state index is 5.57. The number of halogens is 1. The van der Waals surface area contributed by atoms with E-state index in [1.54, 1.807) is 5.54 Å². The first kappa shape index (κ1) is 11.4. The van der Waals surface area contributed by atoms with Crippen LogP contribution in [0, 0.1) is 5.92 Å². The van der Waals surface area contributed by atoms with Crippen LogP contribution in [0.1, 0.15) is 19.8 Å². The molecule has 1 saturated heterocycles. The van der Waals surface area contributed by atoms with Crippen molar-refractivity contribution in [1.82, 2.24) is 5.32 Å². The molecule has 76 valence electrons. The van der Waals surface area contributed by atoms with Crippen LogP contribution in [0.15, 0.2) is 11.1 Å². The van der Waals surface area contributed by atoms with Gasteiger partial charge in [0.05, 0.1) is 0 Å². The largest absolute Gasteiger partial charge is 0.313 e. The molecule has 13 heavy (non-hydrogen) atoms. The van der Waals surface area contributed by atoms with Crippen molar-refractivity contribution >= 4 is 23.4 Å². The molecule has 3 heteroatoms. The van der Waals surface area contributed by atoms with Crippen LogP contribution in [0.5, 0.6) is 0 Å². The standard InChI is InChI=1S/C10H18ClNS/c1-9(6-11)7-12-8-10-2-4-13-5-3-10/h6,10,12H,2-5,7-8H2,1H3. The molecule has 0 saturated carbocycles. The predicted molar refractivity (Wildman–Crippen MR) is 62.5 cm³/mol. The number of hydrogen-bond acceptors (Lipinski definition) is 2. The molecule has 0 radical (unpaired) electrons. The van der Waals surface area contributed by atoms with E-state index in [0.717, 1.165) is 19.0 Å². The molecule has 1 N–H and O–H groups in total. The first-order valence-corrected chi connectivity index (χ1v) is 6.46. The van der Waals surface area contributed by atoms with E-state index >= 15 is 0 Å². The van der Waals surface area contributed by atoms with Crippen LogP contribution in [0.4, 0.5) is 0 Å². The normalized spacial score (nSPS) is 20.6.